The maximum Gasteiger partial charge on any atom is 0.419 e. The minimum absolute atomic E-state index is 0.115. The van der Waals surface area contributed by atoms with Crippen LogP contribution in [-0.2, 0) is 6.18 Å². The fraction of sp³-hybridized carbons (Fsp3) is 0.300. The highest BCUT2D eigenvalue weighted by atomic mass is 32.1. The van der Waals surface area contributed by atoms with Crippen LogP contribution in [0.1, 0.15) is 11.1 Å². The number of aliphatic hydroxyl groups excluding tert-OH is 1. The predicted molar refractivity (Wildman–Crippen MR) is 59.9 cm³/mol. The lowest BCUT2D eigenvalue weighted by Gasteiger charge is -2.14. The minimum atomic E-state index is -4.56. The lowest BCUT2D eigenvalue weighted by Crippen LogP contribution is -2.14. The van der Waals surface area contributed by atoms with E-state index in [-0.39, 0.29) is 29.5 Å². The summed E-state index contributed by atoms with van der Waals surface area (Å²) in [6.07, 6.45) is -4.56. The second-order valence-corrected chi connectivity index (χ2v) is 3.58. The maximum absolute atomic E-state index is 12.7. The van der Waals surface area contributed by atoms with Crippen molar-refractivity contribution in [1.29, 1.82) is 0 Å². The Morgan fingerprint density at radius 1 is 1.41 bits per heavy atom. The van der Waals surface area contributed by atoms with E-state index >= 15 is 0 Å². The molecule has 0 aliphatic heterocycles. The smallest absolute Gasteiger partial charge is 0.419 e. The highest BCUT2D eigenvalue weighted by Crippen LogP contribution is 2.36. The summed E-state index contributed by atoms with van der Waals surface area (Å²) < 4.78 is 42.9. The van der Waals surface area contributed by atoms with Crippen molar-refractivity contribution in [3.8, 4) is 5.75 Å². The van der Waals surface area contributed by atoms with Gasteiger partial charge in [0, 0.05) is 5.56 Å². The normalized spacial score (nSPS) is 11.3. The maximum atomic E-state index is 12.7. The van der Waals surface area contributed by atoms with E-state index in [0.29, 0.717) is 0 Å². The fourth-order valence-electron chi connectivity index (χ4n) is 1.19. The van der Waals surface area contributed by atoms with Crippen LogP contribution in [-0.4, -0.2) is 23.3 Å². The third-order valence-corrected chi connectivity index (χ3v) is 2.15. The Labute approximate surface area is 101 Å². The summed E-state index contributed by atoms with van der Waals surface area (Å²) in [5, 5.41) is 8.52. The van der Waals surface area contributed by atoms with E-state index in [1.165, 1.54) is 6.07 Å². The quantitative estimate of drug-likeness (QED) is 0.814. The molecule has 0 fully saturated rings. The van der Waals surface area contributed by atoms with Crippen LogP contribution in [0, 0.1) is 0 Å². The monoisotopic (exact) mass is 265 g/mol. The Bertz CT molecular complexity index is 421. The van der Waals surface area contributed by atoms with Gasteiger partial charge in [0.15, 0.2) is 0 Å². The van der Waals surface area contributed by atoms with Gasteiger partial charge >= 0.3 is 6.18 Å². The Morgan fingerprint density at radius 2 is 2.06 bits per heavy atom. The van der Waals surface area contributed by atoms with E-state index < -0.39 is 11.7 Å². The Hall–Kier alpha value is -1.34. The van der Waals surface area contributed by atoms with E-state index in [1.54, 1.807) is 0 Å². The van der Waals surface area contributed by atoms with Crippen LogP contribution in [0.25, 0.3) is 0 Å². The number of alkyl halides is 3. The number of hydrogen-bond acceptors (Lipinski definition) is 3. The average molecular weight is 265 g/mol. The molecule has 0 aromatic heterocycles. The van der Waals surface area contributed by atoms with E-state index in [2.05, 4.69) is 12.2 Å². The second-order valence-electron chi connectivity index (χ2n) is 3.15. The van der Waals surface area contributed by atoms with Crippen molar-refractivity contribution in [3.05, 3.63) is 29.3 Å². The number of ether oxygens (including phenoxy) is 1. The first-order chi connectivity index (χ1) is 7.86. The largest absolute Gasteiger partial charge is 0.491 e. The molecule has 0 saturated heterocycles. The molecule has 0 aliphatic rings. The first-order valence-electron chi connectivity index (χ1n) is 4.61. The lowest BCUT2D eigenvalue weighted by molar-refractivity contribution is -0.139. The number of thiocarbonyl (C=S) groups is 1. The molecular weight excluding hydrogens is 255 g/mol. The van der Waals surface area contributed by atoms with E-state index in [4.69, 9.17) is 15.6 Å². The zero-order chi connectivity index (χ0) is 13.1. The van der Waals surface area contributed by atoms with Gasteiger partial charge in [-0.3, -0.25) is 0 Å². The van der Waals surface area contributed by atoms with Gasteiger partial charge < -0.3 is 15.6 Å². The molecule has 17 heavy (non-hydrogen) atoms. The second kappa shape index (κ2) is 5.33. The summed E-state index contributed by atoms with van der Waals surface area (Å²) in [6, 6.07) is 3.30. The predicted octanol–water partition coefficient (Wildman–Crippen LogP) is 1.71. The molecule has 0 spiro atoms. The van der Waals surface area contributed by atoms with Gasteiger partial charge in [-0.1, -0.05) is 12.2 Å². The first-order valence-corrected chi connectivity index (χ1v) is 5.02. The van der Waals surface area contributed by atoms with Gasteiger partial charge in [-0.25, -0.2) is 0 Å². The van der Waals surface area contributed by atoms with Crippen LogP contribution in [0.3, 0.4) is 0 Å². The summed E-state index contributed by atoms with van der Waals surface area (Å²) in [4.78, 5) is -0.121. The lowest BCUT2D eigenvalue weighted by atomic mass is 10.1. The van der Waals surface area contributed by atoms with Crippen LogP contribution in [0.15, 0.2) is 18.2 Å². The zero-order valence-corrected chi connectivity index (χ0v) is 9.44. The van der Waals surface area contributed by atoms with Crippen molar-refractivity contribution in [2.45, 2.75) is 6.18 Å². The van der Waals surface area contributed by atoms with Crippen molar-refractivity contribution < 1.29 is 23.0 Å². The molecule has 3 N–H and O–H groups in total. The van der Waals surface area contributed by atoms with Gasteiger partial charge in [0.25, 0.3) is 0 Å². The van der Waals surface area contributed by atoms with Crippen molar-refractivity contribution in [2.75, 3.05) is 13.2 Å². The zero-order valence-electron chi connectivity index (χ0n) is 8.62. The minimum Gasteiger partial charge on any atom is -0.491 e. The van der Waals surface area contributed by atoms with Crippen molar-refractivity contribution in [1.82, 2.24) is 0 Å². The standard InChI is InChI=1S/C10H10F3NO2S/c11-10(12,13)7-5-6(9(14)17)1-2-8(7)16-4-3-15/h1-2,5,15H,3-4H2,(H2,14,17). The number of rotatable bonds is 4. The number of hydrogen-bond donors (Lipinski definition) is 2. The molecule has 7 heteroatoms. The van der Waals surface area contributed by atoms with Gasteiger partial charge in [-0.2, -0.15) is 13.2 Å². The average Bonchev–Trinajstić information content (AvgIpc) is 2.24. The van der Waals surface area contributed by atoms with Crippen molar-refractivity contribution >= 4 is 17.2 Å². The van der Waals surface area contributed by atoms with E-state index in [1.807, 2.05) is 0 Å². The van der Waals surface area contributed by atoms with Gasteiger partial charge in [0.1, 0.15) is 17.3 Å². The van der Waals surface area contributed by atoms with Crippen molar-refractivity contribution in [2.24, 2.45) is 5.73 Å². The van der Waals surface area contributed by atoms with Gasteiger partial charge in [0.05, 0.1) is 12.2 Å². The van der Waals surface area contributed by atoms with Gasteiger partial charge in [-0.05, 0) is 18.2 Å². The third kappa shape index (κ3) is 3.57. The number of halogens is 3. The molecule has 0 unspecified atom stereocenters. The molecule has 1 rings (SSSR count). The van der Waals surface area contributed by atoms with Crippen LogP contribution >= 0.6 is 12.2 Å². The SMILES string of the molecule is NC(=S)c1ccc(OCCO)c(C(F)(F)F)c1. The molecular formula is C10H10F3NO2S. The van der Waals surface area contributed by atoms with E-state index in [0.717, 1.165) is 12.1 Å². The molecule has 1 aromatic rings. The topological polar surface area (TPSA) is 55.5 Å². The van der Waals surface area contributed by atoms with Crippen LogP contribution in [0.5, 0.6) is 5.75 Å². The van der Waals surface area contributed by atoms with E-state index in [9.17, 15) is 13.2 Å². The Balaban J connectivity index is 3.17. The van der Waals surface area contributed by atoms with Gasteiger partial charge in [0.2, 0.25) is 0 Å². The highest BCUT2D eigenvalue weighted by Gasteiger charge is 2.34. The molecule has 0 bridgehead atoms. The summed E-state index contributed by atoms with van der Waals surface area (Å²) >= 11 is 4.60. The number of benzene rings is 1. The number of nitrogens with two attached hydrogens (primary N) is 1. The summed E-state index contributed by atoms with van der Waals surface area (Å²) in [5.74, 6) is -0.355. The molecule has 1 aromatic carbocycles. The molecule has 0 heterocycles. The Morgan fingerprint density at radius 3 is 2.53 bits per heavy atom. The summed E-state index contributed by atoms with van der Waals surface area (Å²) in [5.41, 5.74) is 4.41. The molecule has 3 nitrogen and oxygen atoms in total. The van der Waals surface area contributed by atoms with Crippen LogP contribution in [0.2, 0.25) is 0 Å². The van der Waals surface area contributed by atoms with Gasteiger partial charge in [-0.15, -0.1) is 0 Å². The summed E-state index contributed by atoms with van der Waals surface area (Å²) in [6.45, 7) is -0.580. The molecule has 0 atom stereocenters. The Kier molecular flexibility index (Phi) is 4.30. The number of aliphatic hydroxyl groups is 1. The highest BCUT2D eigenvalue weighted by molar-refractivity contribution is 7.80. The fourth-order valence-corrected chi connectivity index (χ4v) is 1.31. The van der Waals surface area contributed by atoms with Crippen molar-refractivity contribution in [3.63, 3.8) is 0 Å². The summed E-state index contributed by atoms with van der Waals surface area (Å²) in [7, 11) is 0. The van der Waals surface area contributed by atoms with Crippen LogP contribution in [0.4, 0.5) is 13.2 Å². The molecule has 0 aliphatic carbocycles. The third-order valence-electron chi connectivity index (χ3n) is 1.92. The molecule has 94 valence electrons. The molecule has 0 radical (unpaired) electrons. The molecule has 0 amide bonds. The first kappa shape index (κ1) is 13.7. The molecule has 0 saturated carbocycles. The van der Waals surface area contributed by atoms with Crippen LogP contribution < -0.4 is 10.5 Å².